The van der Waals surface area contributed by atoms with E-state index in [9.17, 15) is 4.79 Å². The largest absolute Gasteiger partial charge is 0.397 e. The van der Waals surface area contributed by atoms with Crippen molar-refractivity contribution in [1.29, 1.82) is 0 Å². The molecule has 1 aliphatic heterocycles. The first kappa shape index (κ1) is 10.1. The van der Waals surface area contributed by atoms with E-state index in [0.717, 1.165) is 18.8 Å². The van der Waals surface area contributed by atoms with E-state index in [0.29, 0.717) is 23.6 Å². The summed E-state index contributed by atoms with van der Waals surface area (Å²) in [5.41, 5.74) is 8.39. The number of nitrogens with one attached hydrogen (secondary N) is 1. The van der Waals surface area contributed by atoms with E-state index in [1.165, 1.54) is 6.26 Å². The first-order valence-electron chi connectivity index (χ1n) is 5.41. The number of carbonyl (C=O) groups excluding carboxylic acids is 1. The Labute approximate surface area is 97.4 Å². The summed E-state index contributed by atoms with van der Waals surface area (Å²) in [5.74, 6) is -0.154. The van der Waals surface area contributed by atoms with Gasteiger partial charge in [-0.25, -0.2) is 0 Å². The maximum atomic E-state index is 12.2. The molecule has 0 radical (unpaired) electrons. The molecule has 3 heterocycles. The number of nitrogen functional groups attached to an aromatic ring is 1. The second kappa shape index (κ2) is 3.74. The molecule has 0 saturated heterocycles. The fraction of sp³-hybridized carbons (Fsp3) is 0.273. The lowest BCUT2D eigenvalue weighted by atomic mass is 10.2. The predicted octanol–water partition coefficient (Wildman–Crippen LogP) is 0.392. The van der Waals surface area contributed by atoms with E-state index in [-0.39, 0.29) is 5.78 Å². The Hall–Kier alpha value is -2.08. The number of rotatable bonds is 2. The molecule has 3 N–H and O–H groups in total. The maximum absolute atomic E-state index is 12.2. The van der Waals surface area contributed by atoms with E-state index in [1.807, 2.05) is 4.57 Å². The summed E-state index contributed by atoms with van der Waals surface area (Å²) in [6.07, 6.45) is 1.39. The molecule has 0 amide bonds. The Bertz CT molecular complexity index is 556. The zero-order valence-electron chi connectivity index (χ0n) is 9.14. The standard InChI is InChI=1S/C11H12N4O2/c12-7-5-9(11(16)8-1-4-17-14-8)15-3-2-13-6-10(7)15/h1,4-5,13H,2-3,6,12H2. The Kier molecular flexibility index (Phi) is 2.22. The third-order valence-electron chi connectivity index (χ3n) is 2.95. The molecule has 2 aromatic heterocycles. The van der Waals surface area contributed by atoms with E-state index in [2.05, 4.69) is 15.0 Å². The number of anilines is 1. The lowest BCUT2D eigenvalue weighted by molar-refractivity contribution is 0.102. The average Bonchev–Trinajstić information content (AvgIpc) is 2.97. The Morgan fingerprint density at radius 2 is 2.47 bits per heavy atom. The molecular formula is C11H12N4O2. The van der Waals surface area contributed by atoms with Gasteiger partial charge in [0.1, 0.15) is 6.26 Å². The number of fused-ring (bicyclic) bond motifs is 1. The van der Waals surface area contributed by atoms with Crippen LogP contribution in [0.25, 0.3) is 0 Å². The molecule has 0 fully saturated rings. The average molecular weight is 232 g/mol. The fourth-order valence-electron chi connectivity index (χ4n) is 2.11. The van der Waals surface area contributed by atoms with E-state index < -0.39 is 0 Å². The summed E-state index contributed by atoms with van der Waals surface area (Å²) in [4.78, 5) is 12.2. The van der Waals surface area contributed by atoms with Crippen LogP contribution in [0.2, 0.25) is 0 Å². The van der Waals surface area contributed by atoms with Crippen molar-refractivity contribution < 1.29 is 9.32 Å². The number of nitrogens with two attached hydrogens (primary N) is 1. The van der Waals surface area contributed by atoms with Gasteiger partial charge in [-0.05, 0) is 6.07 Å². The summed E-state index contributed by atoms with van der Waals surface area (Å²) in [7, 11) is 0. The van der Waals surface area contributed by atoms with Crippen LogP contribution >= 0.6 is 0 Å². The van der Waals surface area contributed by atoms with Gasteiger partial charge in [-0.2, -0.15) is 0 Å². The number of ketones is 1. The normalized spacial score (nSPS) is 14.6. The van der Waals surface area contributed by atoms with Crippen LogP contribution in [0.15, 0.2) is 22.9 Å². The van der Waals surface area contributed by atoms with Crippen molar-refractivity contribution in [2.75, 3.05) is 12.3 Å². The van der Waals surface area contributed by atoms with Gasteiger partial charge in [-0.3, -0.25) is 4.79 Å². The van der Waals surface area contributed by atoms with Crippen LogP contribution in [-0.4, -0.2) is 22.1 Å². The van der Waals surface area contributed by atoms with Gasteiger partial charge in [0.05, 0.1) is 17.1 Å². The molecule has 6 heteroatoms. The topological polar surface area (TPSA) is 86.1 Å². The van der Waals surface area contributed by atoms with Gasteiger partial charge in [-0.1, -0.05) is 5.16 Å². The highest BCUT2D eigenvalue weighted by molar-refractivity contribution is 6.07. The van der Waals surface area contributed by atoms with Crippen molar-refractivity contribution in [3.8, 4) is 0 Å². The molecular weight excluding hydrogens is 220 g/mol. The van der Waals surface area contributed by atoms with Gasteiger partial charge in [0.2, 0.25) is 5.78 Å². The quantitative estimate of drug-likeness (QED) is 0.731. The van der Waals surface area contributed by atoms with E-state index in [4.69, 9.17) is 5.73 Å². The number of hydrogen-bond acceptors (Lipinski definition) is 5. The summed E-state index contributed by atoms with van der Waals surface area (Å²) in [6.45, 7) is 2.27. The van der Waals surface area contributed by atoms with Crippen molar-refractivity contribution in [2.24, 2.45) is 0 Å². The Balaban J connectivity index is 2.06. The molecule has 2 aromatic rings. The lowest BCUT2D eigenvalue weighted by Gasteiger charge is -2.18. The van der Waals surface area contributed by atoms with Crippen LogP contribution in [0.1, 0.15) is 21.9 Å². The maximum Gasteiger partial charge on any atom is 0.231 e. The minimum atomic E-state index is -0.154. The number of aromatic nitrogens is 2. The SMILES string of the molecule is Nc1cc(C(=O)c2ccon2)n2c1CNCC2. The van der Waals surface area contributed by atoms with Crippen molar-refractivity contribution in [1.82, 2.24) is 15.0 Å². The summed E-state index contributed by atoms with van der Waals surface area (Å²) >= 11 is 0. The van der Waals surface area contributed by atoms with E-state index >= 15 is 0 Å². The Morgan fingerprint density at radius 1 is 1.59 bits per heavy atom. The van der Waals surface area contributed by atoms with Crippen molar-refractivity contribution >= 4 is 11.5 Å². The minimum Gasteiger partial charge on any atom is -0.397 e. The molecule has 0 aromatic carbocycles. The highest BCUT2D eigenvalue weighted by atomic mass is 16.5. The number of carbonyl (C=O) groups is 1. The van der Waals surface area contributed by atoms with Crippen molar-refractivity contribution in [3.63, 3.8) is 0 Å². The fourth-order valence-corrected chi connectivity index (χ4v) is 2.11. The van der Waals surface area contributed by atoms with Gasteiger partial charge < -0.3 is 20.1 Å². The lowest BCUT2D eigenvalue weighted by Crippen LogP contribution is -2.30. The van der Waals surface area contributed by atoms with Crippen LogP contribution in [0.5, 0.6) is 0 Å². The summed E-state index contributed by atoms with van der Waals surface area (Å²) < 4.78 is 6.63. The highest BCUT2D eigenvalue weighted by Crippen LogP contribution is 2.22. The van der Waals surface area contributed by atoms with Crippen LogP contribution < -0.4 is 11.1 Å². The smallest absolute Gasteiger partial charge is 0.231 e. The third kappa shape index (κ3) is 1.53. The van der Waals surface area contributed by atoms with Gasteiger partial charge in [0, 0.05) is 25.7 Å². The van der Waals surface area contributed by atoms with Gasteiger partial charge >= 0.3 is 0 Å². The van der Waals surface area contributed by atoms with Crippen LogP contribution in [0.4, 0.5) is 5.69 Å². The molecule has 17 heavy (non-hydrogen) atoms. The molecule has 0 aliphatic carbocycles. The zero-order chi connectivity index (χ0) is 11.8. The van der Waals surface area contributed by atoms with Crippen molar-refractivity contribution in [2.45, 2.75) is 13.1 Å². The van der Waals surface area contributed by atoms with E-state index in [1.54, 1.807) is 12.1 Å². The molecule has 0 spiro atoms. The minimum absolute atomic E-state index is 0.154. The van der Waals surface area contributed by atoms with Crippen molar-refractivity contribution in [3.05, 3.63) is 35.5 Å². The first-order valence-corrected chi connectivity index (χ1v) is 5.41. The predicted molar refractivity (Wildman–Crippen MR) is 60.5 cm³/mol. The molecule has 0 saturated carbocycles. The molecule has 0 atom stereocenters. The molecule has 88 valence electrons. The van der Waals surface area contributed by atoms with Gasteiger partial charge in [0.25, 0.3) is 0 Å². The third-order valence-corrected chi connectivity index (χ3v) is 2.95. The number of hydrogen-bond donors (Lipinski definition) is 2. The molecule has 1 aliphatic rings. The molecule has 6 nitrogen and oxygen atoms in total. The summed E-state index contributed by atoms with van der Waals surface area (Å²) in [5, 5.41) is 6.88. The highest BCUT2D eigenvalue weighted by Gasteiger charge is 2.22. The summed E-state index contributed by atoms with van der Waals surface area (Å²) in [6, 6.07) is 3.26. The second-order valence-electron chi connectivity index (χ2n) is 3.97. The Morgan fingerprint density at radius 3 is 3.24 bits per heavy atom. The molecule has 0 unspecified atom stereocenters. The van der Waals surface area contributed by atoms with Crippen LogP contribution in [0.3, 0.4) is 0 Å². The second-order valence-corrected chi connectivity index (χ2v) is 3.97. The number of nitrogens with zero attached hydrogens (tertiary/aromatic N) is 2. The molecule has 3 rings (SSSR count). The van der Waals surface area contributed by atoms with Crippen LogP contribution in [0, 0.1) is 0 Å². The first-order chi connectivity index (χ1) is 8.27. The zero-order valence-corrected chi connectivity index (χ0v) is 9.14. The van der Waals surface area contributed by atoms with Gasteiger partial charge in [-0.15, -0.1) is 0 Å². The monoisotopic (exact) mass is 232 g/mol. The molecule has 0 bridgehead atoms. The van der Waals surface area contributed by atoms with Gasteiger partial charge in [0.15, 0.2) is 5.69 Å². The van der Waals surface area contributed by atoms with Crippen LogP contribution in [-0.2, 0) is 13.1 Å².